The van der Waals surface area contributed by atoms with E-state index in [9.17, 15) is 0 Å². The second-order valence-electron chi connectivity index (χ2n) is 3.92. The van der Waals surface area contributed by atoms with Crippen molar-refractivity contribution >= 4 is 33.4 Å². The summed E-state index contributed by atoms with van der Waals surface area (Å²) in [6.07, 6.45) is 1.22. The molecule has 3 heteroatoms. The average molecular weight is 302 g/mol. The largest absolute Gasteiger partial charge is 0.384 e. The lowest BCUT2D eigenvalue weighted by molar-refractivity contribution is 0.987. The van der Waals surface area contributed by atoms with E-state index in [-0.39, 0.29) is 0 Å². The molecule has 0 fully saturated rings. The van der Waals surface area contributed by atoms with Gasteiger partial charge in [-0.2, -0.15) is 11.8 Å². The number of halogens is 1. The average Bonchev–Trinajstić information content (AvgIpc) is 2.20. The van der Waals surface area contributed by atoms with Crippen molar-refractivity contribution < 1.29 is 0 Å². The molecule has 90 valence electrons. The molecule has 1 rings (SSSR count). The van der Waals surface area contributed by atoms with E-state index in [0.717, 1.165) is 6.54 Å². The van der Waals surface area contributed by atoms with Gasteiger partial charge in [-0.15, -0.1) is 0 Å². The molecule has 1 nitrogen and oxygen atoms in total. The van der Waals surface area contributed by atoms with E-state index in [1.807, 2.05) is 11.8 Å². The van der Waals surface area contributed by atoms with Crippen LogP contribution >= 0.6 is 27.7 Å². The van der Waals surface area contributed by atoms with E-state index < -0.39 is 0 Å². The summed E-state index contributed by atoms with van der Waals surface area (Å²) < 4.78 is 1.17. The standard InChI is InChI=1S/C13H20BrNS/c1-4-16-7-5-6-15-13-11(3)8-10(2)9-12(13)14/h8-9,15H,4-7H2,1-3H3. The molecule has 1 aromatic rings. The lowest BCUT2D eigenvalue weighted by Crippen LogP contribution is -2.05. The highest BCUT2D eigenvalue weighted by molar-refractivity contribution is 9.10. The number of hydrogen-bond acceptors (Lipinski definition) is 2. The molecule has 0 saturated heterocycles. The second-order valence-corrected chi connectivity index (χ2v) is 6.16. The zero-order valence-corrected chi connectivity index (χ0v) is 12.7. The minimum Gasteiger partial charge on any atom is -0.384 e. The molecule has 0 aliphatic heterocycles. The summed E-state index contributed by atoms with van der Waals surface area (Å²) in [6, 6.07) is 4.38. The van der Waals surface area contributed by atoms with Gasteiger partial charge in [-0.1, -0.05) is 13.0 Å². The first-order chi connectivity index (χ1) is 7.65. The van der Waals surface area contributed by atoms with Crippen LogP contribution in [0.3, 0.4) is 0 Å². The normalized spacial score (nSPS) is 10.5. The van der Waals surface area contributed by atoms with Crippen molar-refractivity contribution in [2.24, 2.45) is 0 Å². The van der Waals surface area contributed by atoms with Crippen molar-refractivity contribution in [3.63, 3.8) is 0 Å². The van der Waals surface area contributed by atoms with E-state index in [4.69, 9.17) is 0 Å². The number of thioether (sulfide) groups is 1. The fraction of sp³-hybridized carbons (Fsp3) is 0.538. The summed E-state index contributed by atoms with van der Waals surface area (Å²) in [6.45, 7) is 7.54. The van der Waals surface area contributed by atoms with Gasteiger partial charge in [0.1, 0.15) is 0 Å². The van der Waals surface area contributed by atoms with Crippen LogP contribution < -0.4 is 5.32 Å². The van der Waals surface area contributed by atoms with E-state index in [1.54, 1.807) is 0 Å². The smallest absolute Gasteiger partial charge is 0.0514 e. The maximum absolute atomic E-state index is 3.61. The molecule has 0 bridgehead atoms. The number of aryl methyl sites for hydroxylation is 2. The Bertz CT molecular complexity index is 316. The monoisotopic (exact) mass is 301 g/mol. The first-order valence-electron chi connectivity index (χ1n) is 5.73. The molecule has 1 aromatic carbocycles. The van der Waals surface area contributed by atoms with Gasteiger partial charge in [0.2, 0.25) is 0 Å². The van der Waals surface area contributed by atoms with Crippen LogP contribution in [-0.2, 0) is 0 Å². The molecule has 0 heterocycles. The summed E-state index contributed by atoms with van der Waals surface area (Å²) in [5, 5.41) is 3.51. The van der Waals surface area contributed by atoms with Crippen molar-refractivity contribution in [3.05, 3.63) is 27.7 Å². The van der Waals surface area contributed by atoms with Gasteiger partial charge in [-0.3, -0.25) is 0 Å². The van der Waals surface area contributed by atoms with E-state index in [2.05, 4.69) is 54.2 Å². The van der Waals surface area contributed by atoms with Gasteiger partial charge >= 0.3 is 0 Å². The Morgan fingerprint density at radius 3 is 2.69 bits per heavy atom. The molecule has 0 spiro atoms. The topological polar surface area (TPSA) is 12.0 Å². The van der Waals surface area contributed by atoms with Gasteiger partial charge < -0.3 is 5.32 Å². The van der Waals surface area contributed by atoms with Crippen LogP contribution in [0.25, 0.3) is 0 Å². The highest BCUT2D eigenvalue weighted by Gasteiger charge is 2.03. The van der Waals surface area contributed by atoms with Crippen LogP contribution in [0, 0.1) is 13.8 Å². The Morgan fingerprint density at radius 1 is 1.31 bits per heavy atom. The van der Waals surface area contributed by atoms with Crippen molar-refractivity contribution in [1.29, 1.82) is 0 Å². The quantitative estimate of drug-likeness (QED) is 0.769. The van der Waals surface area contributed by atoms with Crippen LogP contribution in [0.15, 0.2) is 16.6 Å². The van der Waals surface area contributed by atoms with Crippen LogP contribution in [0.5, 0.6) is 0 Å². The Labute approximate surface area is 112 Å². The minimum atomic E-state index is 1.05. The molecule has 0 aliphatic rings. The summed E-state index contributed by atoms with van der Waals surface area (Å²) in [5.74, 6) is 2.46. The van der Waals surface area contributed by atoms with Crippen molar-refractivity contribution in [2.75, 3.05) is 23.4 Å². The molecule has 0 atom stereocenters. The van der Waals surface area contributed by atoms with Gasteiger partial charge in [0.15, 0.2) is 0 Å². The fourth-order valence-electron chi connectivity index (χ4n) is 1.67. The summed E-state index contributed by atoms with van der Waals surface area (Å²) in [5.41, 5.74) is 3.86. The van der Waals surface area contributed by atoms with Crippen LogP contribution in [0.4, 0.5) is 5.69 Å². The predicted octanol–water partition coefficient (Wildman–Crippen LogP) is 4.62. The number of anilines is 1. The highest BCUT2D eigenvalue weighted by atomic mass is 79.9. The van der Waals surface area contributed by atoms with Crippen molar-refractivity contribution in [3.8, 4) is 0 Å². The van der Waals surface area contributed by atoms with Crippen LogP contribution in [0.1, 0.15) is 24.5 Å². The molecule has 16 heavy (non-hydrogen) atoms. The SMILES string of the molecule is CCSCCCNc1c(C)cc(C)cc1Br. The third kappa shape index (κ3) is 4.38. The van der Waals surface area contributed by atoms with Gasteiger partial charge in [-0.05, 0) is 64.9 Å². The lowest BCUT2D eigenvalue weighted by Gasteiger charge is -2.12. The van der Waals surface area contributed by atoms with Gasteiger partial charge in [0, 0.05) is 11.0 Å². The molecule has 0 unspecified atom stereocenters. The molecule has 0 aromatic heterocycles. The van der Waals surface area contributed by atoms with Gasteiger partial charge in [-0.25, -0.2) is 0 Å². The number of hydrogen-bond donors (Lipinski definition) is 1. The summed E-state index contributed by atoms with van der Waals surface area (Å²) >= 11 is 5.62. The van der Waals surface area contributed by atoms with Crippen LogP contribution in [0.2, 0.25) is 0 Å². The van der Waals surface area contributed by atoms with Crippen LogP contribution in [-0.4, -0.2) is 18.1 Å². The molecule has 0 amide bonds. The number of rotatable bonds is 6. The zero-order chi connectivity index (χ0) is 12.0. The summed E-state index contributed by atoms with van der Waals surface area (Å²) in [7, 11) is 0. The maximum Gasteiger partial charge on any atom is 0.0514 e. The zero-order valence-electron chi connectivity index (χ0n) is 10.3. The Kier molecular flexibility index (Phi) is 6.29. The first-order valence-corrected chi connectivity index (χ1v) is 7.68. The Balaban J connectivity index is 2.47. The number of nitrogens with one attached hydrogen (secondary N) is 1. The maximum atomic E-state index is 3.61. The predicted molar refractivity (Wildman–Crippen MR) is 79.7 cm³/mol. The van der Waals surface area contributed by atoms with E-state index in [0.29, 0.717) is 0 Å². The van der Waals surface area contributed by atoms with E-state index in [1.165, 1.54) is 39.2 Å². The minimum absolute atomic E-state index is 1.05. The molecule has 0 saturated carbocycles. The highest BCUT2D eigenvalue weighted by Crippen LogP contribution is 2.27. The Hall–Kier alpha value is -0.150. The second kappa shape index (κ2) is 7.23. The Morgan fingerprint density at radius 2 is 2.06 bits per heavy atom. The lowest BCUT2D eigenvalue weighted by atomic mass is 10.1. The van der Waals surface area contributed by atoms with Gasteiger partial charge in [0.25, 0.3) is 0 Å². The number of benzene rings is 1. The van der Waals surface area contributed by atoms with E-state index >= 15 is 0 Å². The van der Waals surface area contributed by atoms with Crippen molar-refractivity contribution in [1.82, 2.24) is 0 Å². The van der Waals surface area contributed by atoms with Gasteiger partial charge in [0.05, 0.1) is 5.69 Å². The molecule has 1 N–H and O–H groups in total. The molecular formula is C13H20BrNS. The molecule has 0 aliphatic carbocycles. The molecular weight excluding hydrogens is 282 g/mol. The third-order valence-corrected chi connectivity index (χ3v) is 4.01. The molecule has 0 radical (unpaired) electrons. The fourth-order valence-corrected chi connectivity index (χ4v) is 3.12. The van der Waals surface area contributed by atoms with Crippen molar-refractivity contribution in [2.45, 2.75) is 27.2 Å². The summed E-state index contributed by atoms with van der Waals surface area (Å²) in [4.78, 5) is 0. The first kappa shape index (κ1) is 13.9. The third-order valence-electron chi connectivity index (χ3n) is 2.40.